The summed E-state index contributed by atoms with van der Waals surface area (Å²) in [6.07, 6.45) is 1.45. The zero-order valence-corrected chi connectivity index (χ0v) is 16.0. The minimum Gasteiger partial charge on any atom is -0.488 e. The second kappa shape index (κ2) is 9.35. The Labute approximate surface area is 171 Å². The molecule has 0 fully saturated rings. The van der Waals surface area contributed by atoms with Gasteiger partial charge in [-0.2, -0.15) is 5.10 Å². The molecule has 1 amide bonds. The van der Waals surface area contributed by atoms with Crippen LogP contribution in [0.5, 0.6) is 5.75 Å². The number of carbonyl (C=O) groups is 1. The Morgan fingerprint density at radius 1 is 1.04 bits per heavy atom. The molecule has 0 atom stereocenters. The zero-order chi connectivity index (χ0) is 19.9. The first kappa shape index (κ1) is 19.9. The van der Waals surface area contributed by atoms with Crippen LogP contribution in [0.3, 0.4) is 0 Å². The van der Waals surface area contributed by atoms with E-state index in [-0.39, 0.29) is 18.1 Å². The fourth-order valence-electron chi connectivity index (χ4n) is 2.37. The van der Waals surface area contributed by atoms with E-state index in [1.54, 1.807) is 54.6 Å². The number of para-hydroxylation sites is 1. The van der Waals surface area contributed by atoms with Crippen LogP contribution in [0.1, 0.15) is 21.5 Å². The molecule has 0 aliphatic rings. The average Bonchev–Trinajstić information content (AvgIpc) is 2.69. The maximum atomic E-state index is 13.9. The number of amides is 1. The van der Waals surface area contributed by atoms with Crippen LogP contribution in [0, 0.1) is 5.82 Å². The van der Waals surface area contributed by atoms with Crippen molar-refractivity contribution in [3.63, 3.8) is 0 Å². The minimum atomic E-state index is -0.436. The third-order valence-electron chi connectivity index (χ3n) is 3.83. The van der Waals surface area contributed by atoms with Gasteiger partial charge in [0.25, 0.3) is 5.91 Å². The Kier molecular flexibility index (Phi) is 6.63. The van der Waals surface area contributed by atoms with Gasteiger partial charge in [-0.05, 0) is 48.5 Å². The number of hydrogen-bond acceptors (Lipinski definition) is 3. The van der Waals surface area contributed by atoms with Gasteiger partial charge in [0.1, 0.15) is 18.2 Å². The molecule has 0 aliphatic carbocycles. The molecule has 0 saturated heterocycles. The van der Waals surface area contributed by atoms with Crippen LogP contribution in [-0.2, 0) is 6.61 Å². The molecular weight excluding hydrogens is 402 g/mol. The maximum Gasteiger partial charge on any atom is 0.271 e. The van der Waals surface area contributed by atoms with Gasteiger partial charge in [0.2, 0.25) is 0 Å². The van der Waals surface area contributed by atoms with Crippen molar-refractivity contribution in [1.29, 1.82) is 0 Å². The standard InChI is InChI=1S/C21H15Cl2FN2O2/c22-16-10-8-14(9-11-16)21(27)26-25-12-15-4-1-2-7-20(15)28-13-17-18(23)5-3-6-19(17)24/h1-12H,13H2,(H,26,27)/b25-12+. The van der Waals surface area contributed by atoms with Gasteiger partial charge in [-0.15, -0.1) is 0 Å². The number of ether oxygens (including phenoxy) is 1. The normalized spacial score (nSPS) is 10.8. The highest BCUT2D eigenvalue weighted by Crippen LogP contribution is 2.23. The number of hydrogen-bond donors (Lipinski definition) is 1. The van der Waals surface area contributed by atoms with Crippen LogP contribution in [0.4, 0.5) is 4.39 Å². The lowest BCUT2D eigenvalue weighted by atomic mass is 10.2. The molecule has 3 rings (SSSR count). The van der Waals surface area contributed by atoms with Crippen molar-refractivity contribution in [3.8, 4) is 5.75 Å². The van der Waals surface area contributed by atoms with Gasteiger partial charge in [0.05, 0.1) is 11.2 Å². The van der Waals surface area contributed by atoms with Gasteiger partial charge in [0.15, 0.2) is 0 Å². The van der Waals surface area contributed by atoms with E-state index in [0.29, 0.717) is 26.9 Å². The fourth-order valence-corrected chi connectivity index (χ4v) is 2.71. The highest BCUT2D eigenvalue weighted by atomic mass is 35.5. The molecule has 3 aromatic carbocycles. The van der Waals surface area contributed by atoms with E-state index < -0.39 is 5.82 Å². The molecule has 1 N–H and O–H groups in total. The van der Waals surface area contributed by atoms with Gasteiger partial charge < -0.3 is 4.74 Å². The smallest absolute Gasteiger partial charge is 0.271 e. The molecular formula is C21H15Cl2FN2O2. The fraction of sp³-hybridized carbons (Fsp3) is 0.0476. The van der Waals surface area contributed by atoms with Crippen molar-refractivity contribution in [2.24, 2.45) is 5.10 Å². The highest BCUT2D eigenvalue weighted by molar-refractivity contribution is 6.31. The largest absolute Gasteiger partial charge is 0.488 e. The van der Waals surface area contributed by atoms with E-state index in [2.05, 4.69) is 10.5 Å². The van der Waals surface area contributed by atoms with Crippen molar-refractivity contribution in [3.05, 3.63) is 99.3 Å². The summed E-state index contributed by atoms with van der Waals surface area (Å²) < 4.78 is 19.6. The monoisotopic (exact) mass is 416 g/mol. The second-order valence-electron chi connectivity index (χ2n) is 5.73. The predicted molar refractivity (Wildman–Crippen MR) is 109 cm³/mol. The van der Waals surface area contributed by atoms with E-state index >= 15 is 0 Å². The highest BCUT2D eigenvalue weighted by Gasteiger charge is 2.09. The molecule has 0 unspecified atom stereocenters. The number of halogens is 3. The van der Waals surface area contributed by atoms with Crippen molar-refractivity contribution in [2.75, 3.05) is 0 Å². The molecule has 3 aromatic rings. The molecule has 0 aliphatic heterocycles. The quantitative estimate of drug-likeness (QED) is 0.427. The SMILES string of the molecule is O=C(N/N=C/c1ccccc1OCc1c(F)cccc1Cl)c1ccc(Cl)cc1. The van der Waals surface area contributed by atoms with Crippen molar-refractivity contribution in [1.82, 2.24) is 5.43 Å². The first-order chi connectivity index (χ1) is 13.5. The summed E-state index contributed by atoms with van der Waals surface area (Å²) in [5.41, 5.74) is 3.76. The average molecular weight is 417 g/mol. The van der Waals surface area contributed by atoms with Crippen LogP contribution in [0.25, 0.3) is 0 Å². The first-order valence-electron chi connectivity index (χ1n) is 8.28. The lowest BCUT2D eigenvalue weighted by Gasteiger charge is -2.10. The van der Waals surface area contributed by atoms with E-state index in [1.165, 1.54) is 18.3 Å². The topological polar surface area (TPSA) is 50.7 Å². The Morgan fingerprint density at radius 3 is 2.54 bits per heavy atom. The molecule has 0 spiro atoms. The molecule has 7 heteroatoms. The molecule has 0 aromatic heterocycles. The van der Waals surface area contributed by atoms with Crippen LogP contribution in [-0.4, -0.2) is 12.1 Å². The van der Waals surface area contributed by atoms with Crippen molar-refractivity contribution >= 4 is 35.3 Å². The van der Waals surface area contributed by atoms with Crippen LogP contribution < -0.4 is 10.2 Å². The van der Waals surface area contributed by atoms with Crippen LogP contribution in [0.2, 0.25) is 10.0 Å². The van der Waals surface area contributed by atoms with Crippen LogP contribution >= 0.6 is 23.2 Å². The van der Waals surface area contributed by atoms with E-state index in [1.807, 2.05) is 0 Å². The molecule has 0 bridgehead atoms. The molecule has 28 heavy (non-hydrogen) atoms. The Morgan fingerprint density at radius 2 is 1.79 bits per heavy atom. The third-order valence-corrected chi connectivity index (χ3v) is 4.43. The summed E-state index contributed by atoms with van der Waals surface area (Å²) in [6, 6.07) is 18.0. The Balaban J connectivity index is 1.67. The maximum absolute atomic E-state index is 13.9. The summed E-state index contributed by atoms with van der Waals surface area (Å²) in [4.78, 5) is 12.1. The van der Waals surface area contributed by atoms with Gasteiger partial charge in [-0.1, -0.05) is 41.4 Å². The summed E-state index contributed by atoms with van der Waals surface area (Å²) in [7, 11) is 0. The molecule has 0 heterocycles. The van der Waals surface area contributed by atoms with E-state index in [0.717, 1.165) is 0 Å². The number of rotatable bonds is 6. The van der Waals surface area contributed by atoms with Gasteiger partial charge in [0, 0.05) is 21.7 Å². The second-order valence-corrected chi connectivity index (χ2v) is 6.58. The lowest BCUT2D eigenvalue weighted by Crippen LogP contribution is -2.17. The molecule has 0 saturated carbocycles. The summed E-state index contributed by atoms with van der Waals surface area (Å²) in [6.45, 7) is -0.0342. The summed E-state index contributed by atoms with van der Waals surface area (Å²) >= 11 is 11.8. The summed E-state index contributed by atoms with van der Waals surface area (Å²) in [5, 5.41) is 4.79. The number of benzene rings is 3. The van der Waals surface area contributed by atoms with Crippen molar-refractivity contribution in [2.45, 2.75) is 6.61 Å². The van der Waals surface area contributed by atoms with Gasteiger partial charge in [-0.25, -0.2) is 9.82 Å². The van der Waals surface area contributed by atoms with E-state index in [4.69, 9.17) is 27.9 Å². The lowest BCUT2D eigenvalue weighted by molar-refractivity contribution is 0.0955. The third kappa shape index (κ3) is 5.09. The number of hydrazone groups is 1. The van der Waals surface area contributed by atoms with Gasteiger partial charge >= 0.3 is 0 Å². The number of carbonyl (C=O) groups excluding carboxylic acids is 1. The molecule has 142 valence electrons. The zero-order valence-electron chi connectivity index (χ0n) is 14.5. The molecule has 0 radical (unpaired) electrons. The molecule has 4 nitrogen and oxygen atoms in total. The van der Waals surface area contributed by atoms with E-state index in [9.17, 15) is 9.18 Å². The first-order valence-corrected chi connectivity index (χ1v) is 9.04. The Bertz CT molecular complexity index is 987. The predicted octanol–water partition coefficient (Wildman–Crippen LogP) is 5.48. The summed E-state index contributed by atoms with van der Waals surface area (Å²) in [5.74, 6) is -0.329. The number of nitrogens with one attached hydrogen (secondary N) is 1. The number of nitrogens with zero attached hydrogens (tertiary/aromatic N) is 1. The van der Waals surface area contributed by atoms with Crippen LogP contribution in [0.15, 0.2) is 71.8 Å². The van der Waals surface area contributed by atoms with Crippen molar-refractivity contribution < 1.29 is 13.9 Å². The van der Waals surface area contributed by atoms with Gasteiger partial charge in [-0.3, -0.25) is 4.79 Å². The Hall–Kier alpha value is -2.89. The minimum absolute atomic E-state index is 0.0342.